The van der Waals surface area contributed by atoms with Gasteiger partial charge in [0.05, 0.1) is 22.8 Å². The van der Waals surface area contributed by atoms with E-state index in [0.29, 0.717) is 18.7 Å². The van der Waals surface area contributed by atoms with E-state index in [1.54, 1.807) is 6.20 Å². The Balaban J connectivity index is 1.87. The van der Waals surface area contributed by atoms with Crippen LogP contribution in [0.2, 0.25) is 0 Å². The van der Waals surface area contributed by atoms with E-state index in [4.69, 9.17) is 4.74 Å². The van der Waals surface area contributed by atoms with Crippen molar-refractivity contribution in [3.8, 4) is 0 Å². The molecule has 2 aromatic rings. The first-order valence-electron chi connectivity index (χ1n) is 6.32. The quantitative estimate of drug-likeness (QED) is 0.853. The van der Waals surface area contributed by atoms with Crippen molar-refractivity contribution in [1.29, 1.82) is 0 Å². The molecule has 102 valence electrons. The van der Waals surface area contributed by atoms with E-state index in [2.05, 4.69) is 4.98 Å². The summed E-state index contributed by atoms with van der Waals surface area (Å²) >= 11 is 0. The fraction of sp³-hybridized carbons (Fsp3) is 0.462. The third-order valence-electron chi connectivity index (χ3n) is 3.53. The molecule has 1 fully saturated rings. The van der Waals surface area contributed by atoms with Crippen LogP contribution in [0, 0.1) is 0 Å². The molecule has 0 amide bonds. The summed E-state index contributed by atoms with van der Waals surface area (Å²) in [6, 6.07) is 5.63. The average Bonchev–Trinajstić information content (AvgIpc) is 2.93. The van der Waals surface area contributed by atoms with E-state index < -0.39 is 15.1 Å². The highest BCUT2D eigenvalue weighted by atomic mass is 32.2. The third kappa shape index (κ3) is 2.37. The molecule has 0 spiro atoms. The molecule has 0 radical (unpaired) electrons. The van der Waals surface area contributed by atoms with Crippen molar-refractivity contribution in [2.24, 2.45) is 0 Å². The highest BCUT2D eigenvalue weighted by Gasteiger charge is 2.36. The van der Waals surface area contributed by atoms with E-state index >= 15 is 0 Å². The fourth-order valence-electron chi connectivity index (χ4n) is 2.55. The average molecular weight is 280 g/mol. The van der Waals surface area contributed by atoms with Gasteiger partial charge in [0.1, 0.15) is 5.65 Å². The van der Waals surface area contributed by atoms with Crippen molar-refractivity contribution >= 4 is 15.5 Å². The van der Waals surface area contributed by atoms with Crippen LogP contribution >= 0.6 is 0 Å². The molecular weight excluding hydrogens is 264 g/mol. The minimum atomic E-state index is -3.21. The van der Waals surface area contributed by atoms with Crippen LogP contribution in [0.25, 0.3) is 5.65 Å². The lowest BCUT2D eigenvalue weighted by atomic mass is 10.3. The summed E-state index contributed by atoms with van der Waals surface area (Å²) in [5.74, 6) is -0.0208. The molecule has 2 atom stereocenters. The van der Waals surface area contributed by atoms with Gasteiger partial charge in [-0.3, -0.25) is 0 Å². The molecule has 6 heteroatoms. The minimum Gasteiger partial charge on any atom is -0.377 e. The summed E-state index contributed by atoms with van der Waals surface area (Å²) in [6.07, 6.45) is 3.99. The van der Waals surface area contributed by atoms with Crippen molar-refractivity contribution in [3.63, 3.8) is 0 Å². The molecule has 1 saturated heterocycles. The number of aromatic nitrogens is 2. The summed E-state index contributed by atoms with van der Waals surface area (Å²) in [5.41, 5.74) is 1.36. The zero-order valence-electron chi connectivity index (χ0n) is 10.7. The van der Waals surface area contributed by atoms with Gasteiger partial charge in [-0.2, -0.15) is 0 Å². The highest BCUT2D eigenvalue weighted by Crippen LogP contribution is 2.23. The number of sulfone groups is 1. The Bertz CT molecular complexity index is 660. The predicted molar refractivity (Wildman–Crippen MR) is 71.6 cm³/mol. The van der Waals surface area contributed by atoms with Crippen LogP contribution in [0.5, 0.6) is 0 Å². The van der Waals surface area contributed by atoms with Crippen LogP contribution < -0.4 is 0 Å². The smallest absolute Gasteiger partial charge is 0.161 e. The van der Waals surface area contributed by atoms with Gasteiger partial charge in [0, 0.05) is 19.0 Å². The molecule has 0 N–H and O–H groups in total. The molecule has 0 unspecified atom stereocenters. The number of hydrogen-bond donors (Lipinski definition) is 0. The van der Waals surface area contributed by atoms with Gasteiger partial charge in [-0.15, -0.1) is 0 Å². The maximum atomic E-state index is 12.4. The van der Waals surface area contributed by atoms with Crippen molar-refractivity contribution in [2.75, 3.05) is 6.61 Å². The largest absolute Gasteiger partial charge is 0.377 e. The Labute approximate surface area is 112 Å². The van der Waals surface area contributed by atoms with Gasteiger partial charge in [0.2, 0.25) is 0 Å². The first-order valence-corrected chi connectivity index (χ1v) is 8.03. The second-order valence-corrected chi connectivity index (χ2v) is 7.13. The minimum absolute atomic E-state index is 0.0208. The molecule has 0 aromatic carbocycles. The number of hydrogen-bond acceptors (Lipinski definition) is 4. The summed E-state index contributed by atoms with van der Waals surface area (Å²) < 4.78 is 31.9. The van der Waals surface area contributed by atoms with Gasteiger partial charge in [-0.05, 0) is 25.5 Å². The van der Waals surface area contributed by atoms with Gasteiger partial charge in [0.15, 0.2) is 9.84 Å². The lowest BCUT2D eigenvalue weighted by molar-refractivity contribution is 0.126. The summed E-state index contributed by atoms with van der Waals surface area (Å²) in [5, 5.41) is -0.405. The van der Waals surface area contributed by atoms with Crippen molar-refractivity contribution in [2.45, 2.75) is 30.5 Å². The third-order valence-corrected chi connectivity index (χ3v) is 5.77. The lowest BCUT2D eigenvalue weighted by Gasteiger charge is -2.13. The lowest BCUT2D eigenvalue weighted by Crippen LogP contribution is -2.29. The number of rotatable bonds is 3. The zero-order valence-corrected chi connectivity index (χ0v) is 11.5. The van der Waals surface area contributed by atoms with E-state index in [9.17, 15) is 8.42 Å². The maximum absolute atomic E-state index is 12.4. The van der Waals surface area contributed by atoms with Crippen LogP contribution in [0.1, 0.15) is 19.0 Å². The number of ether oxygens (including phenoxy) is 1. The van der Waals surface area contributed by atoms with Gasteiger partial charge < -0.3 is 9.14 Å². The SMILES string of the molecule is C[C@@H]1OCC[C@@H]1S(=O)(=O)Cc1cn2ccccc2n1. The van der Waals surface area contributed by atoms with Gasteiger partial charge in [0.25, 0.3) is 0 Å². The second kappa shape index (κ2) is 4.61. The van der Waals surface area contributed by atoms with Crippen LogP contribution in [-0.2, 0) is 20.3 Å². The molecule has 2 aromatic heterocycles. The molecule has 1 aliphatic rings. The fourth-order valence-corrected chi connectivity index (χ4v) is 4.44. The topological polar surface area (TPSA) is 60.7 Å². The summed E-state index contributed by atoms with van der Waals surface area (Å²) in [4.78, 5) is 4.34. The Morgan fingerprint density at radius 1 is 1.47 bits per heavy atom. The summed E-state index contributed by atoms with van der Waals surface area (Å²) in [7, 11) is -3.21. The van der Waals surface area contributed by atoms with E-state index in [1.807, 2.05) is 35.7 Å². The summed E-state index contributed by atoms with van der Waals surface area (Å²) in [6.45, 7) is 2.34. The van der Waals surface area contributed by atoms with Crippen LogP contribution in [-0.4, -0.2) is 35.8 Å². The van der Waals surface area contributed by atoms with Gasteiger partial charge >= 0.3 is 0 Å². The number of nitrogens with zero attached hydrogens (tertiary/aromatic N) is 2. The Morgan fingerprint density at radius 2 is 2.32 bits per heavy atom. The number of imidazole rings is 1. The Hall–Kier alpha value is -1.40. The molecule has 5 nitrogen and oxygen atoms in total. The van der Waals surface area contributed by atoms with Gasteiger partial charge in [-0.25, -0.2) is 13.4 Å². The van der Waals surface area contributed by atoms with Crippen molar-refractivity contribution < 1.29 is 13.2 Å². The monoisotopic (exact) mass is 280 g/mol. The first kappa shape index (κ1) is 12.6. The van der Waals surface area contributed by atoms with Crippen LogP contribution in [0.15, 0.2) is 30.6 Å². The molecule has 0 saturated carbocycles. The standard InChI is InChI=1S/C13H16N2O3S/c1-10-12(5-7-18-10)19(16,17)9-11-8-15-6-3-2-4-13(15)14-11/h2-4,6,8,10,12H,5,7,9H2,1H3/t10-,12-/m0/s1. The Kier molecular flexibility index (Phi) is 3.06. The Morgan fingerprint density at radius 3 is 3.00 bits per heavy atom. The van der Waals surface area contributed by atoms with E-state index in [0.717, 1.165) is 5.65 Å². The number of pyridine rings is 1. The predicted octanol–water partition coefficient (Wildman–Crippen LogP) is 1.43. The molecule has 0 aliphatic carbocycles. The van der Waals surface area contributed by atoms with Crippen LogP contribution in [0.4, 0.5) is 0 Å². The van der Waals surface area contributed by atoms with Crippen molar-refractivity contribution in [1.82, 2.24) is 9.38 Å². The zero-order chi connectivity index (χ0) is 13.5. The van der Waals surface area contributed by atoms with Gasteiger partial charge in [-0.1, -0.05) is 6.07 Å². The highest BCUT2D eigenvalue weighted by molar-refractivity contribution is 7.91. The maximum Gasteiger partial charge on any atom is 0.161 e. The van der Waals surface area contributed by atoms with Crippen LogP contribution in [0.3, 0.4) is 0 Å². The molecule has 3 rings (SSSR count). The molecule has 3 heterocycles. The van der Waals surface area contributed by atoms with Crippen molar-refractivity contribution in [3.05, 3.63) is 36.3 Å². The normalized spacial score (nSPS) is 24.1. The molecule has 19 heavy (non-hydrogen) atoms. The first-order chi connectivity index (χ1) is 9.06. The molecule has 0 bridgehead atoms. The van der Waals surface area contributed by atoms with E-state index in [1.165, 1.54) is 0 Å². The second-order valence-electron chi connectivity index (χ2n) is 4.91. The molecular formula is C13H16N2O3S. The number of fused-ring (bicyclic) bond motifs is 1. The molecule has 1 aliphatic heterocycles. The van der Waals surface area contributed by atoms with E-state index in [-0.39, 0.29) is 11.9 Å².